The topological polar surface area (TPSA) is 66.9 Å². The Morgan fingerprint density at radius 1 is 1.37 bits per heavy atom. The van der Waals surface area contributed by atoms with Gasteiger partial charge in [0.05, 0.1) is 5.41 Å². The Bertz CT molecular complexity index is 421. The molecule has 0 spiro atoms. The van der Waals surface area contributed by atoms with Gasteiger partial charge in [0.2, 0.25) is 11.0 Å². The molecule has 2 rings (SSSR count). The first-order valence-electron chi connectivity index (χ1n) is 7.05. The smallest absolute Gasteiger partial charge is 0.232 e. The van der Waals surface area contributed by atoms with Gasteiger partial charge in [-0.15, -0.1) is 10.2 Å². The number of carbonyl (C=O) groups is 1. The minimum absolute atomic E-state index is 0.120. The van der Waals surface area contributed by atoms with Gasteiger partial charge in [0.15, 0.2) is 0 Å². The fraction of sp³-hybridized carbons (Fsp3) is 0.769. The SMILES string of the molecule is CCCC1(C(=O)Nc2nnc(CC)s2)CCNCC1. The van der Waals surface area contributed by atoms with Crippen LogP contribution in [-0.2, 0) is 11.2 Å². The van der Waals surface area contributed by atoms with Crippen LogP contribution in [0.15, 0.2) is 0 Å². The number of amides is 1. The molecule has 0 saturated carbocycles. The molecule has 1 amide bonds. The Morgan fingerprint density at radius 2 is 2.11 bits per heavy atom. The van der Waals surface area contributed by atoms with Gasteiger partial charge in [-0.05, 0) is 38.8 Å². The fourth-order valence-electron chi connectivity index (χ4n) is 2.65. The molecule has 106 valence electrons. The summed E-state index contributed by atoms with van der Waals surface area (Å²) in [5, 5.41) is 16.0. The number of nitrogens with zero attached hydrogens (tertiary/aromatic N) is 2. The molecule has 2 heterocycles. The van der Waals surface area contributed by atoms with E-state index >= 15 is 0 Å². The number of hydrogen-bond donors (Lipinski definition) is 2. The van der Waals surface area contributed by atoms with Crippen LogP contribution >= 0.6 is 11.3 Å². The molecule has 1 fully saturated rings. The average molecular weight is 282 g/mol. The van der Waals surface area contributed by atoms with E-state index < -0.39 is 0 Å². The van der Waals surface area contributed by atoms with Gasteiger partial charge in [-0.1, -0.05) is 31.6 Å². The number of anilines is 1. The fourth-order valence-corrected chi connectivity index (χ4v) is 3.33. The van der Waals surface area contributed by atoms with Crippen molar-refractivity contribution in [3.8, 4) is 0 Å². The summed E-state index contributed by atoms with van der Waals surface area (Å²) in [4.78, 5) is 12.6. The van der Waals surface area contributed by atoms with Gasteiger partial charge in [-0.3, -0.25) is 4.79 Å². The van der Waals surface area contributed by atoms with E-state index in [2.05, 4.69) is 27.8 Å². The number of piperidine rings is 1. The molecule has 1 aliphatic heterocycles. The standard InChI is InChI=1S/C13H22N4OS/c1-3-5-13(6-8-14-9-7-13)11(18)15-12-17-16-10(4-2)19-12/h14H,3-9H2,1-2H3,(H,15,17,18). The van der Waals surface area contributed by atoms with E-state index in [0.29, 0.717) is 5.13 Å². The lowest BCUT2D eigenvalue weighted by Gasteiger charge is -2.35. The Hall–Kier alpha value is -1.01. The van der Waals surface area contributed by atoms with Gasteiger partial charge < -0.3 is 10.6 Å². The monoisotopic (exact) mass is 282 g/mol. The number of carbonyl (C=O) groups excluding carboxylic acids is 1. The molecule has 0 atom stereocenters. The van der Waals surface area contributed by atoms with Crippen molar-refractivity contribution in [2.75, 3.05) is 18.4 Å². The van der Waals surface area contributed by atoms with Gasteiger partial charge >= 0.3 is 0 Å². The molecule has 6 heteroatoms. The molecule has 1 saturated heterocycles. The van der Waals surface area contributed by atoms with Crippen molar-refractivity contribution in [2.24, 2.45) is 5.41 Å². The zero-order valence-corrected chi connectivity index (χ0v) is 12.5. The summed E-state index contributed by atoms with van der Waals surface area (Å²) in [6.07, 6.45) is 4.65. The van der Waals surface area contributed by atoms with Crippen molar-refractivity contribution < 1.29 is 4.79 Å². The second kappa shape index (κ2) is 6.43. The van der Waals surface area contributed by atoms with Crippen molar-refractivity contribution in [3.63, 3.8) is 0 Å². The number of rotatable bonds is 5. The van der Waals surface area contributed by atoms with E-state index in [1.165, 1.54) is 11.3 Å². The highest BCUT2D eigenvalue weighted by Gasteiger charge is 2.38. The summed E-state index contributed by atoms with van der Waals surface area (Å²) >= 11 is 1.47. The zero-order chi connectivity index (χ0) is 13.7. The van der Waals surface area contributed by atoms with Crippen LogP contribution in [0.25, 0.3) is 0 Å². The number of nitrogens with one attached hydrogen (secondary N) is 2. The number of aryl methyl sites for hydroxylation is 1. The van der Waals surface area contributed by atoms with E-state index in [9.17, 15) is 4.79 Å². The lowest BCUT2D eigenvalue weighted by atomic mass is 9.74. The van der Waals surface area contributed by atoms with Crippen LogP contribution in [0.4, 0.5) is 5.13 Å². The molecule has 1 aromatic heterocycles. The second-order valence-electron chi connectivity index (χ2n) is 5.09. The average Bonchev–Trinajstić information content (AvgIpc) is 2.88. The first-order valence-corrected chi connectivity index (χ1v) is 7.86. The van der Waals surface area contributed by atoms with Crippen molar-refractivity contribution in [3.05, 3.63) is 5.01 Å². The maximum absolute atomic E-state index is 12.6. The van der Waals surface area contributed by atoms with Gasteiger partial charge in [0.25, 0.3) is 0 Å². The van der Waals surface area contributed by atoms with Crippen LogP contribution in [0.3, 0.4) is 0 Å². The molecule has 0 aliphatic carbocycles. The van der Waals surface area contributed by atoms with Crippen LogP contribution < -0.4 is 10.6 Å². The van der Waals surface area contributed by atoms with Crippen molar-refractivity contribution in [2.45, 2.75) is 46.0 Å². The molecule has 1 aromatic rings. The molecule has 0 aromatic carbocycles. The summed E-state index contributed by atoms with van der Waals surface area (Å²) in [5.74, 6) is 0.120. The van der Waals surface area contributed by atoms with E-state index in [-0.39, 0.29) is 11.3 Å². The van der Waals surface area contributed by atoms with E-state index in [0.717, 1.165) is 50.2 Å². The molecular formula is C13H22N4OS. The lowest BCUT2D eigenvalue weighted by Crippen LogP contribution is -2.44. The van der Waals surface area contributed by atoms with Crippen LogP contribution in [0.1, 0.15) is 44.5 Å². The minimum atomic E-state index is -0.224. The van der Waals surface area contributed by atoms with Crippen LogP contribution in [-0.4, -0.2) is 29.2 Å². The van der Waals surface area contributed by atoms with Crippen molar-refractivity contribution >= 4 is 22.4 Å². The van der Waals surface area contributed by atoms with Crippen LogP contribution in [0.5, 0.6) is 0 Å². The highest BCUT2D eigenvalue weighted by molar-refractivity contribution is 7.15. The number of aromatic nitrogens is 2. The first kappa shape index (κ1) is 14.4. The summed E-state index contributed by atoms with van der Waals surface area (Å²) in [7, 11) is 0. The maximum Gasteiger partial charge on any atom is 0.232 e. The normalized spacial score (nSPS) is 18.2. The Balaban J connectivity index is 2.06. The molecule has 1 aliphatic rings. The van der Waals surface area contributed by atoms with Gasteiger partial charge in [0, 0.05) is 0 Å². The Morgan fingerprint density at radius 3 is 2.68 bits per heavy atom. The molecule has 0 radical (unpaired) electrons. The van der Waals surface area contributed by atoms with Crippen LogP contribution in [0.2, 0.25) is 0 Å². The van der Waals surface area contributed by atoms with E-state index in [1.807, 2.05) is 6.92 Å². The van der Waals surface area contributed by atoms with Gasteiger partial charge in [-0.2, -0.15) is 0 Å². The highest BCUT2D eigenvalue weighted by Crippen LogP contribution is 2.35. The molecule has 2 N–H and O–H groups in total. The second-order valence-corrected chi connectivity index (χ2v) is 6.15. The third kappa shape index (κ3) is 3.30. The van der Waals surface area contributed by atoms with E-state index in [1.54, 1.807) is 0 Å². The quantitative estimate of drug-likeness (QED) is 0.869. The summed E-state index contributed by atoms with van der Waals surface area (Å²) in [5.41, 5.74) is -0.224. The molecular weight excluding hydrogens is 260 g/mol. The summed E-state index contributed by atoms with van der Waals surface area (Å²) < 4.78 is 0. The van der Waals surface area contributed by atoms with Gasteiger partial charge in [-0.25, -0.2) is 0 Å². The lowest BCUT2D eigenvalue weighted by molar-refractivity contribution is -0.127. The number of hydrogen-bond acceptors (Lipinski definition) is 5. The summed E-state index contributed by atoms with van der Waals surface area (Å²) in [6, 6.07) is 0. The zero-order valence-electron chi connectivity index (χ0n) is 11.7. The third-order valence-electron chi connectivity index (χ3n) is 3.76. The van der Waals surface area contributed by atoms with Crippen molar-refractivity contribution in [1.29, 1.82) is 0 Å². The van der Waals surface area contributed by atoms with E-state index in [4.69, 9.17) is 0 Å². The van der Waals surface area contributed by atoms with Crippen LogP contribution in [0, 0.1) is 5.41 Å². The summed E-state index contributed by atoms with van der Waals surface area (Å²) in [6.45, 7) is 6.02. The predicted octanol–water partition coefficient (Wildman–Crippen LogP) is 2.21. The van der Waals surface area contributed by atoms with Crippen molar-refractivity contribution in [1.82, 2.24) is 15.5 Å². The molecule has 19 heavy (non-hydrogen) atoms. The highest BCUT2D eigenvalue weighted by atomic mass is 32.1. The largest absolute Gasteiger partial charge is 0.317 e. The maximum atomic E-state index is 12.6. The predicted molar refractivity (Wildman–Crippen MR) is 77.4 cm³/mol. The molecule has 5 nitrogen and oxygen atoms in total. The Kier molecular flexibility index (Phi) is 4.87. The Labute approximate surface area is 118 Å². The first-order chi connectivity index (χ1) is 9.20. The van der Waals surface area contributed by atoms with Gasteiger partial charge in [0.1, 0.15) is 5.01 Å². The molecule has 0 unspecified atom stereocenters. The minimum Gasteiger partial charge on any atom is -0.317 e. The molecule has 0 bridgehead atoms. The third-order valence-corrected chi connectivity index (χ3v) is 4.74.